The number of methoxy groups -OCH3 is 1. The molecule has 3 amide bonds. The Kier molecular flexibility index (Phi) is 8.35. The largest absolute Gasteiger partial charge is 0.469 e. The number of nitrogens with one attached hydrogen (secondary N) is 1. The number of nitrogens with two attached hydrogens (primary N) is 1. The fourth-order valence-corrected chi connectivity index (χ4v) is 1.79. The molecule has 0 rings (SSSR count). The van der Waals surface area contributed by atoms with Crippen LogP contribution >= 0.6 is 0 Å². The Morgan fingerprint density at radius 3 is 2.30 bits per heavy atom. The van der Waals surface area contributed by atoms with E-state index < -0.39 is 12.1 Å². The number of carbonyl (C=O) groups excluding carboxylic acids is 3. The fraction of sp³-hybridized carbons (Fsp3) is 0.769. The predicted molar refractivity (Wildman–Crippen MR) is 74.8 cm³/mol. The molecule has 7 heteroatoms. The molecule has 0 aliphatic heterocycles. The molecule has 2 atom stereocenters. The molecule has 0 aromatic carbocycles. The van der Waals surface area contributed by atoms with Crippen LogP contribution in [0.3, 0.4) is 0 Å². The number of primary amides is 1. The number of nitrogens with zero attached hydrogens (tertiary/aromatic N) is 1. The molecule has 0 bridgehead atoms. The lowest BCUT2D eigenvalue weighted by atomic mass is 9.98. The Labute approximate surface area is 119 Å². The lowest BCUT2D eigenvalue weighted by Gasteiger charge is -2.29. The van der Waals surface area contributed by atoms with Gasteiger partial charge in [-0.2, -0.15) is 0 Å². The van der Waals surface area contributed by atoms with Crippen molar-refractivity contribution < 1.29 is 19.1 Å². The first-order valence-electron chi connectivity index (χ1n) is 6.78. The molecular formula is C13H25N3O4. The van der Waals surface area contributed by atoms with E-state index in [9.17, 15) is 14.4 Å². The van der Waals surface area contributed by atoms with E-state index in [1.807, 2.05) is 20.8 Å². The van der Waals surface area contributed by atoms with Gasteiger partial charge in [-0.25, -0.2) is 4.79 Å². The summed E-state index contributed by atoms with van der Waals surface area (Å²) in [6, 6.07) is -1.40. The Hall–Kier alpha value is -1.79. The number of rotatable bonds is 8. The zero-order valence-corrected chi connectivity index (χ0v) is 12.6. The number of hydrogen-bond acceptors (Lipinski definition) is 4. The summed E-state index contributed by atoms with van der Waals surface area (Å²) < 4.78 is 4.55. The molecule has 0 spiro atoms. The van der Waals surface area contributed by atoms with Gasteiger partial charge in [0.25, 0.3) is 0 Å². The highest BCUT2D eigenvalue weighted by Crippen LogP contribution is 2.11. The minimum Gasteiger partial charge on any atom is -0.469 e. The van der Waals surface area contributed by atoms with E-state index in [0.29, 0.717) is 6.54 Å². The van der Waals surface area contributed by atoms with Gasteiger partial charge in [-0.1, -0.05) is 20.3 Å². The van der Waals surface area contributed by atoms with Gasteiger partial charge in [0.2, 0.25) is 5.91 Å². The van der Waals surface area contributed by atoms with E-state index in [2.05, 4.69) is 10.1 Å². The van der Waals surface area contributed by atoms with Crippen LogP contribution < -0.4 is 11.1 Å². The molecule has 0 saturated carbocycles. The first-order chi connectivity index (χ1) is 9.37. The maximum absolute atomic E-state index is 12.4. The maximum Gasteiger partial charge on any atom is 0.312 e. The normalized spacial score (nSPS) is 13.2. The van der Waals surface area contributed by atoms with E-state index in [-0.39, 0.29) is 30.8 Å². The number of hydrogen-bond donors (Lipinski definition) is 2. The Morgan fingerprint density at radius 2 is 1.90 bits per heavy atom. The summed E-state index contributed by atoms with van der Waals surface area (Å²) in [4.78, 5) is 36.1. The van der Waals surface area contributed by atoms with E-state index in [1.54, 1.807) is 0 Å². The highest BCUT2D eigenvalue weighted by Gasteiger charge is 2.28. The van der Waals surface area contributed by atoms with Crippen LogP contribution in [0.1, 0.15) is 33.6 Å². The number of amides is 3. The van der Waals surface area contributed by atoms with Crippen LogP contribution in [0.2, 0.25) is 0 Å². The average Bonchev–Trinajstić information content (AvgIpc) is 2.43. The molecule has 0 aliphatic carbocycles. The highest BCUT2D eigenvalue weighted by atomic mass is 16.5. The number of urea groups is 1. The van der Waals surface area contributed by atoms with Crippen molar-refractivity contribution in [1.29, 1.82) is 0 Å². The van der Waals surface area contributed by atoms with Gasteiger partial charge in [0.15, 0.2) is 0 Å². The van der Waals surface area contributed by atoms with Crippen LogP contribution in [0.4, 0.5) is 4.79 Å². The first kappa shape index (κ1) is 18.2. The number of esters is 1. The van der Waals surface area contributed by atoms with Gasteiger partial charge >= 0.3 is 12.0 Å². The lowest BCUT2D eigenvalue weighted by Crippen LogP contribution is -2.53. The summed E-state index contributed by atoms with van der Waals surface area (Å²) in [5.41, 5.74) is 5.11. The smallest absolute Gasteiger partial charge is 0.312 e. The van der Waals surface area contributed by atoms with Crippen LogP contribution in [-0.4, -0.2) is 49.0 Å². The average molecular weight is 287 g/mol. The zero-order chi connectivity index (χ0) is 15.7. The molecular weight excluding hydrogens is 262 g/mol. The van der Waals surface area contributed by atoms with Crippen molar-refractivity contribution in [1.82, 2.24) is 10.2 Å². The first-order valence-corrected chi connectivity index (χ1v) is 6.78. The van der Waals surface area contributed by atoms with E-state index in [1.165, 1.54) is 12.0 Å². The van der Waals surface area contributed by atoms with Crippen molar-refractivity contribution in [2.24, 2.45) is 11.7 Å². The minimum absolute atomic E-state index is 0.0397. The van der Waals surface area contributed by atoms with Crippen LogP contribution in [0, 0.1) is 5.92 Å². The van der Waals surface area contributed by atoms with E-state index in [4.69, 9.17) is 5.73 Å². The van der Waals surface area contributed by atoms with Crippen molar-refractivity contribution in [3.8, 4) is 0 Å². The number of ether oxygens (including phenoxy) is 1. The van der Waals surface area contributed by atoms with Gasteiger partial charge < -0.3 is 20.7 Å². The Bertz CT molecular complexity index is 347. The predicted octanol–water partition coefficient (Wildman–Crippen LogP) is 0.481. The van der Waals surface area contributed by atoms with Crippen molar-refractivity contribution in [2.45, 2.75) is 39.7 Å². The van der Waals surface area contributed by atoms with Crippen molar-refractivity contribution in [3.63, 3.8) is 0 Å². The summed E-state index contributed by atoms with van der Waals surface area (Å²) in [5, 5.41) is 2.48. The minimum atomic E-state index is -0.729. The lowest BCUT2D eigenvalue weighted by molar-refractivity contribution is -0.142. The van der Waals surface area contributed by atoms with Gasteiger partial charge in [0.1, 0.15) is 6.04 Å². The third-order valence-electron chi connectivity index (χ3n) is 3.28. The molecule has 116 valence electrons. The van der Waals surface area contributed by atoms with Gasteiger partial charge in [0.05, 0.1) is 13.5 Å². The molecule has 0 aliphatic rings. The summed E-state index contributed by atoms with van der Waals surface area (Å²) in [6.45, 7) is 6.32. The molecule has 0 radical (unpaired) electrons. The zero-order valence-electron chi connectivity index (χ0n) is 12.6. The monoisotopic (exact) mass is 287 g/mol. The molecule has 0 saturated heterocycles. The summed E-state index contributed by atoms with van der Waals surface area (Å²) in [6.07, 6.45) is 0.852. The van der Waals surface area contributed by atoms with Crippen molar-refractivity contribution in [3.05, 3.63) is 0 Å². The molecule has 3 N–H and O–H groups in total. The van der Waals surface area contributed by atoms with Crippen molar-refractivity contribution >= 4 is 17.9 Å². The van der Waals surface area contributed by atoms with Crippen LogP contribution in [0.25, 0.3) is 0 Å². The Balaban J connectivity index is 4.80. The summed E-state index contributed by atoms with van der Waals surface area (Å²) in [5.74, 6) is -0.647. The van der Waals surface area contributed by atoms with Gasteiger partial charge in [0, 0.05) is 13.1 Å². The molecule has 0 aromatic heterocycles. The molecule has 20 heavy (non-hydrogen) atoms. The van der Waals surface area contributed by atoms with E-state index >= 15 is 0 Å². The van der Waals surface area contributed by atoms with Crippen LogP contribution in [0.15, 0.2) is 0 Å². The maximum atomic E-state index is 12.4. The third-order valence-corrected chi connectivity index (χ3v) is 3.28. The third kappa shape index (κ3) is 5.90. The SMILES string of the molecule is CCC(C)C(NC(N)=O)C(=O)N(CC)CCC(=O)OC. The molecule has 0 fully saturated rings. The fourth-order valence-electron chi connectivity index (χ4n) is 1.79. The number of likely N-dealkylation sites (N-methyl/N-ethyl adjacent to an activating group) is 1. The van der Waals surface area contributed by atoms with Crippen molar-refractivity contribution in [2.75, 3.05) is 20.2 Å². The van der Waals surface area contributed by atoms with Gasteiger partial charge in [-0.15, -0.1) is 0 Å². The van der Waals surface area contributed by atoms with Crippen LogP contribution in [0.5, 0.6) is 0 Å². The second-order valence-electron chi connectivity index (χ2n) is 4.62. The molecule has 7 nitrogen and oxygen atoms in total. The van der Waals surface area contributed by atoms with Gasteiger partial charge in [-0.3, -0.25) is 9.59 Å². The topological polar surface area (TPSA) is 102 Å². The molecule has 2 unspecified atom stereocenters. The summed E-state index contributed by atoms with van der Waals surface area (Å²) in [7, 11) is 1.30. The molecule has 0 heterocycles. The Morgan fingerprint density at radius 1 is 1.30 bits per heavy atom. The highest BCUT2D eigenvalue weighted by molar-refractivity contribution is 5.87. The quantitative estimate of drug-likeness (QED) is 0.634. The number of carbonyl (C=O) groups is 3. The summed E-state index contributed by atoms with van der Waals surface area (Å²) >= 11 is 0. The van der Waals surface area contributed by atoms with E-state index in [0.717, 1.165) is 6.42 Å². The molecule has 0 aromatic rings. The second kappa shape index (κ2) is 9.17. The second-order valence-corrected chi connectivity index (χ2v) is 4.62. The van der Waals surface area contributed by atoms with Crippen LogP contribution in [-0.2, 0) is 14.3 Å². The van der Waals surface area contributed by atoms with Gasteiger partial charge in [-0.05, 0) is 12.8 Å². The standard InChI is InChI=1S/C13H25N3O4/c1-5-9(3)11(15-13(14)19)12(18)16(6-2)8-7-10(17)20-4/h9,11H,5-8H2,1-4H3,(H3,14,15,19).